The van der Waals surface area contributed by atoms with E-state index in [-0.39, 0.29) is 28.9 Å². The molecule has 2 aliphatic carbocycles. The van der Waals surface area contributed by atoms with Crippen LogP contribution in [-0.4, -0.2) is 26.2 Å². The third kappa shape index (κ3) is 3.64. The molecule has 2 fully saturated rings. The monoisotopic (exact) mass is 366 g/mol. The summed E-state index contributed by atoms with van der Waals surface area (Å²) in [5.41, 5.74) is 1.13. The van der Waals surface area contributed by atoms with Crippen LogP contribution >= 0.6 is 0 Å². The third-order valence-electron chi connectivity index (χ3n) is 6.65. The summed E-state index contributed by atoms with van der Waals surface area (Å²) in [6.45, 7) is 6.50. The van der Waals surface area contributed by atoms with Gasteiger partial charge in [-0.15, -0.1) is 0 Å². The van der Waals surface area contributed by atoms with Crippen LogP contribution in [0.3, 0.4) is 0 Å². The molecule has 3 rings (SSSR count). The molecule has 0 aromatic heterocycles. The fourth-order valence-corrected chi connectivity index (χ4v) is 6.21. The van der Waals surface area contributed by atoms with E-state index in [1.807, 2.05) is 6.92 Å². The molecule has 4 nitrogen and oxygen atoms in total. The number of aryl methyl sites for hydroxylation is 1. The van der Waals surface area contributed by atoms with Crippen LogP contribution in [0.2, 0.25) is 0 Å². The number of aliphatic hydroxyl groups is 1. The molecule has 1 aromatic rings. The van der Waals surface area contributed by atoms with Gasteiger partial charge >= 0.3 is 0 Å². The molecule has 0 spiro atoms. The second-order valence-electron chi connectivity index (χ2n) is 8.28. The van der Waals surface area contributed by atoms with Gasteiger partial charge in [-0.05, 0) is 67.9 Å². The Balaban J connectivity index is 1.66. The van der Waals surface area contributed by atoms with E-state index in [9.17, 15) is 13.5 Å². The summed E-state index contributed by atoms with van der Waals surface area (Å²) in [5.74, 6) is 0.906. The molecule has 5 atom stereocenters. The van der Waals surface area contributed by atoms with E-state index in [0.717, 1.165) is 37.7 Å². The second-order valence-corrected chi connectivity index (χ2v) is 9.90. The van der Waals surface area contributed by atoms with Crippen molar-refractivity contribution in [3.8, 4) is 0 Å². The fourth-order valence-electron chi connectivity index (χ4n) is 5.21. The van der Waals surface area contributed by atoms with Gasteiger partial charge in [0.25, 0.3) is 10.1 Å². The number of aliphatic hydroxyl groups excluding tert-OH is 1. The molecule has 0 heterocycles. The van der Waals surface area contributed by atoms with Crippen LogP contribution in [0.1, 0.15) is 51.5 Å². The van der Waals surface area contributed by atoms with Crippen molar-refractivity contribution in [2.45, 2.75) is 63.9 Å². The molecule has 0 bridgehead atoms. The Bertz CT molecular complexity index is 697. The van der Waals surface area contributed by atoms with Crippen molar-refractivity contribution >= 4 is 10.1 Å². The van der Waals surface area contributed by atoms with E-state index in [4.69, 9.17) is 4.18 Å². The Morgan fingerprint density at radius 2 is 1.92 bits per heavy atom. The van der Waals surface area contributed by atoms with Gasteiger partial charge in [0, 0.05) is 0 Å². The summed E-state index contributed by atoms with van der Waals surface area (Å²) < 4.78 is 30.2. The van der Waals surface area contributed by atoms with Crippen molar-refractivity contribution in [3.63, 3.8) is 0 Å². The van der Waals surface area contributed by atoms with Crippen LogP contribution in [-0.2, 0) is 14.3 Å². The Labute approximate surface area is 151 Å². The normalized spacial score (nSPS) is 33.8. The number of benzene rings is 1. The fraction of sp³-hybridized carbons (Fsp3) is 0.700. The van der Waals surface area contributed by atoms with Gasteiger partial charge in [-0.1, -0.05) is 38.0 Å². The second kappa shape index (κ2) is 7.01. The predicted molar refractivity (Wildman–Crippen MR) is 97.7 cm³/mol. The topological polar surface area (TPSA) is 63.6 Å². The van der Waals surface area contributed by atoms with Crippen LogP contribution in [0.4, 0.5) is 0 Å². The highest BCUT2D eigenvalue weighted by Crippen LogP contribution is 2.57. The average molecular weight is 367 g/mol. The molecule has 140 valence electrons. The molecule has 0 amide bonds. The number of hydrogen-bond acceptors (Lipinski definition) is 4. The lowest BCUT2D eigenvalue weighted by Gasteiger charge is -2.45. The van der Waals surface area contributed by atoms with Gasteiger partial charge in [0.2, 0.25) is 0 Å². The standard InChI is InChI=1S/C20H30O4S/c1-14-6-8-16(9-7-14)25(22,23)24-13-15(2)17-10-11-18-19(21)5-4-12-20(17,18)3/h6-9,15,17-19,21H,4-5,10-13H2,1-3H3/t15-,17+,18-,19-,20+/m0/s1. The van der Waals surface area contributed by atoms with Gasteiger partial charge in [-0.25, -0.2) is 0 Å². The molecule has 0 radical (unpaired) electrons. The van der Waals surface area contributed by atoms with Crippen molar-refractivity contribution in [2.24, 2.45) is 23.2 Å². The summed E-state index contributed by atoms with van der Waals surface area (Å²) in [4.78, 5) is 0.217. The zero-order valence-electron chi connectivity index (χ0n) is 15.4. The van der Waals surface area contributed by atoms with Gasteiger partial charge in [-0.2, -0.15) is 8.42 Å². The number of hydrogen-bond donors (Lipinski definition) is 1. The SMILES string of the molecule is Cc1ccc(S(=O)(=O)OC[C@H](C)[C@H]2CC[C@H]3[C@@H](O)CCC[C@]23C)cc1. The van der Waals surface area contributed by atoms with Crippen molar-refractivity contribution in [1.29, 1.82) is 0 Å². The highest BCUT2D eigenvalue weighted by Gasteiger charge is 2.52. The van der Waals surface area contributed by atoms with Gasteiger partial charge < -0.3 is 5.11 Å². The Kier molecular flexibility index (Phi) is 5.29. The molecule has 2 saturated carbocycles. The summed E-state index contributed by atoms with van der Waals surface area (Å²) in [6, 6.07) is 6.76. The lowest BCUT2D eigenvalue weighted by atomic mass is 9.62. The van der Waals surface area contributed by atoms with Crippen molar-refractivity contribution in [3.05, 3.63) is 29.8 Å². The highest BCUT2D eigenvalue weighted by atomic mass is 32.2. The third-order valence-corrected chi connectivity index (χ3v) is 7.94. The van der Waals surface area contributed by atoms with Crippen LogP contribution in [0.5, 0.6) is 0 Å². The first kappa shape index (κ1) is 18.9. The van der Waals surface area contributed by atoms with Crippen molar-refractivity contribution in [2.75, 3.05) is 6.61 Å². The largest absolute Gasteiger partial charge is 0.393 e. The smallest absolute Gasteiger partial charge is 0.296 e. The maximum absolute atomic E-state index is 12.4. The van der Waals surface area contributed by atoms with E-state index >= 15 is 0 Å². The van der Waals surface area contributed by atoms with Crippen LogP contribution < -0.4 is 0 Å². The summed E-state index contributed by atoms with van der Waals surface area (Å²) in [7, 11) is -3.71. The Morgan fingerprint density at radius 3 is 2.60 bits per heavy atom. The minimum Gasteiger partial charge on any atom is -0.393 e. The zero-order valence-corrected chi connectivity index (χ0v) is 16.3. The van der Waals surface area contributed by atoms with E-state index in [1.165, 1.54) is 0 Å². The van der Waals surface area contributed by atoms with E-state index < -0.39 is 10.1 Å². The number of rotatable bonds is 5. The molecule has 2 aliphatic rings. The first-order chi connectivity index (χ1) is 11.7. The average Bonchev–Trinajstić information content (AvgIpc) is 2.92. The minimum atomic E-state index is -3.71. The van der Waals surface area contributed by atoms with E-state index in [0.29, 0.717) is 11.8 Å². The Morgan fingerprint density at radius 1 is 1.24 bits per heavy atom. The molecule has 0 aliphatic heterocycles. The van der Waals surface area contributed by atoms with Gasteiger partial charge in [0.1, 0.15) is 0 Å². The maximum Gasteiger partial charge on any atom is 0.296 e. The summed E-state index contributed by atoms with van der Waals surface area (Å²) in [5, 5.41) is 10.3. The molecule has 0 saturated heterocycles. The summed E-state index contributed by atoms with van der Waals surface area (Å²) in [6.07, 6.45) is 4.96. The molecule has 1 N–H and O–H groups in total. The predicted octanol–water partition coefficient (Wildman–Crippen LogP) is 3.91. The first-order valence-electron chi connectivity index (χ1n) is 9.38. The van der Waals surface area contributed by atoms with Gasteiger partial charge in [0.05, 0.1) is 17.6 Å². The maximum atomic E-state index is 12.4. The lowest BCUT2D eigenvalue weighted by molar-refractivity contribution is -0.0307. The highest BCUT2D eigenvalue weighted by molar-refractivity contribution is 7.86. The quantitative estimate of drug-likeness (QED) is 0.803. The molecule has 0 unspecified atom stereocenters. The zero-order chi connectivity index (χ0) is 18.2. The summed E-state index contributed by atoms with van der Waals surface area (Å²) >= 11 is 0. The number of fused-ring (bicyclic) bond motifs is 1. The molecule has 1 aromatic carbocycles. The lowest BCUT2D eigenvalue weighted by Crippen LogP contribution is -2.42. The van der Waals surface area contributed by atoms with Crippen molar-refractivity contribution in [1.82, 2.24) is 0 Å². The van der Waals surface area contributed by atoms with E-state index in [1.54, 1.807) is 24.3 Å². The molecule has 5 heteroatoms. The van der Waals surface area contributed by atoms with Gasteiger partial charge in [-0.3, -0.25) is 4.18 Å². The molecular weight excluding hydrogens is 336 g/mol. The van der Waals surface area contributed by atoms with Crippen LogP contribution in [0.15, 0.2) is 29.2 Å². The van der Waals surface area contributed by atoms with Crippen LogP contribution in [0, 0.1) is 30.1 Å². The molecule has 25 heavy (non-hydrogen) atoms. The van der Waals surface area contributed by atoms with Gasteiger partial charge in [0.15, 0.2) is 0 Å². The Hall–Kier alpha value is -0.910. The van der Waals surface area contributed by atoms with Crippen molar-refractivity contribution < 1.29 is 17.7 Å². The first-order valence-corrected chi connectivity index (χ1v) is 10.8. The minimum absolute atomic E-state index is 0.105. The van der Waals surface area contributed by atoms with E-state index in [2.05, 4.69) is 13.8 Å². The molecular formula is C20H30O4S. The van der Waals surface area contributed by atoms with Crippen LogP contribution in [0.25, 0.3) is 0 Å².